The first-order valence-electron chi connectivity index (χ1n) is 28.9. The molecule has 394 valence electrons. The molecule has 0 aliphatic heterocycles. The minimum Gasteiger partial charge on any atom is -0.310 e. The van der Waals surface area contributed by atoms with E-state index in [0.717, 1.165) is 34.1 Å². The van der Waals surface area contributed by atoms with Gasteiger partial charge in [0, 0.05) is 98.0 Å². The zero-order valence-electron chi connectivity index (χ0n) is 46.6. The molecule has 0 radical (unpaired) electrons. The quantitative estimate of drug-likeness (QED) is 0.151. The van der Waals surface area contributed by atoms with Crippen molar-refractivity contribution in [3.8, 4) is 33.6 Å². The molecule has 17 rings (SSSR count). The van der Waals surface area contributed by atoms with Crippen molar-refractivity contribution < 1.29 is 0 Å². The largest absolute Gasteiger partial charge is 0.310 e. The highest BCUT2D eigenvalue weighted by molar-refractivity contribution is 7.27. The van der Waals surface area contributed by atoms with E-state index in [1.807, 2.05) is 11.3 Å². The fraction of sp³-hybridized carbons (Fsp3) is 0.0769. The summed E-state index contributed by atoms with van der Waals surface area (Å²) in [6.45, 7) is 9.53. The molecule has 0 fully saturated rings. The summed E-state index contributed by atoms with van der Waals surface area (Å²) >= 11 is 1.95. The summed E-state index contributed by atoms with van der Waals surface area (Å²) in [5.41, 5.74) is 24.2. The van der Waals surface area contributed by atoms with Crippen LogP contribution in [0.3, 0.4) is 0 Å². The lowest BCUT2D eigenvalue weighted by Crippen LogP contribution is -2.15. The Bertz CT molecular complexity index is 4740. The Balaban J connectivity index is 0.958. The second kappa shape index (κ2) is 17.8. The lowest BCUT2D eigenvalue weighted by atomic mass is 9.82. The average Bonchev–Trinajstić information content (AvgIpc) is 2.28. The summed E-state index contributed by atoms with van der Waals surface area (Å²) in [5, 5.41) is 7.50. The van der Waals surface area contributed by atoms with Crippen molar-refractivity contribution in [2.24, 2.45) is 0 Å². The van der Waals surface area contributed by atoms with Crippen LogP contribution in [0.2, 0.25) is 0 Å². The first kappa shape index (κ1) is 47.8. The first-order chi connectivity index (χ1) is 40.7. The zero-order chi connectivity index (χ0) is 55.3. The Hall–Kier alpha value is -9.94. The van der Waals surface area contributed by atoms with Crippen LogP contribution in [0.1, 0.15) is 49.9 Å². The average molecular weight is 1080 g/mol. The number of fused-ring (bicyclic) bond motifs is 17. The van der Waals surface area contributed by atoms with Crippen LogP contribution in [-0.2, 0) is 10.8 Å². The van der Waals surface area contributed by atoms with Crippen LogP contribution in [0.25, 0.3) is 97.4 Å². The molecule has 3 aromatic heterocycles. The first-order valence-corrected chi connectivity index (χ1v) is 29.7. The Morgan fingerprint density at radius 2 is 0.614 bits per heavy atom. The molecule has 15 aromatic rings. The van der Waals surface area contributed by atoms with Crippen molar-refractivity contribution >= 4 is 109 Å². The number of para-hydroxylation sites is 4. The molecule has 2 aliphatic rings. The molecule has 0 atom stereocenters. The molecule has 4 nitrogen and oxygen atoms in total. The third kappa shape index (κ3) is 6.92. The molecular weight excluding hydrogens is 1020 g/mol. The van der Waals surface area contributed by atoms with Crippen LogP contribution < -0.4 is 9.80 Å². The van der Waals surface area contributed by atoms with Gasteiger partial charge in [-0.05, 0) is 166 Å². The Labute approximate surface area is 486 Å². The second-order valence-electron chi connectivity index (χ2n) is 23.7. The van der Waals surface area contributed by atoms with Gasteiger partial charge in [0.05, 0.1) is 22.1 Å². The molecule has 0 saturated carbocycles. The Kier molecular flexibility index (Phi) is 10.2. The standard InChI is InChI=1S/C78H56N4S/c1-77(2)65-31-19-17-29-57(65)59-37-33-55(47-67(59)77)81-69-41-35-53(79(49-21-9-5-10-22-49)50-23-11-6-12-24-50)45-63(69)73-71(81)43-39-61-62-40-44-72-74(76(62)83-75(61)73)64-46-54(80(51-25-13-7-14-26-51)52-27-15-8-16-28-52)36-42-70(64)82(72)56-34-38-60-58-30-18-20-32-66(58)78(3,4)68(60)48-56/h5-48H,1-4H3. The smallest absolute Gasteiger partial charge is 0.0555 e. The number of thiophene rings is 1. The van der Waals surface area contributed by atoms with Crippen LogP contribution in [0.15, 0.2) is 267 Å². The van der Waals surface area contributed by atoms with Gasteiger partial charge in [-0.15, -0.1) is 11.3 Å². The van der Waals surface area contributed by atoms with Gasteiger partial charge in [-0.1, -0.05) is 173 Å². The van der Waals surface area contributed by atoms with E-state index in [0.29, 0.717) is 0 Å². The molecule has 12 aromatic carbocycles. The van der Waals surface area contributed by atoms with Gasteiger partial charge in [-0.3, -0.25) is 0 Å². The van der Waals surface area contributed by atoms with Crippen molar-refractivity contribution in [3.05, 3.63) is 289 Å². The Morgan fingerprint density at radius 3 is 1.00 bits per heavy atom. The zero-order valence-corrected chi connectivity index (χ0v) is 47.4. The van der Waals surface area contributed by atoms with Crippen LogP contribution in [0.4, 0.5) is 34.1 Å². The van der Waals surface area contributed by atoms with Gasteiger partial charge in [0.15, 0.2) is 0 Å². The van der Waals surface area contributed by atoms with E-state index in [-0.39, 0.29) is 10.8 Å². The number of hydrogen-bond donors (Lipinski definition) is 0. The summed E-state index contributed by atoms with van der Waals surface area (Å²) in [6.07, 6.45) is 0. The fourth-order valence-electron chi connectivity index (χ4n) is 14.6. The van der Waals surface area contributed by atoms with E-state index >= 15 is 0 Å². The molecule has 0 amide bonds. The minimum atomic E-state index is -0.150. The normalized spacial score (nSPS) is 13.7. The van der Waals surface area contributed by atoms with Crippen molar-refractivity contribution in [1.82, 2.24) is 9.13 Å². The highest BCUT2D eigenvalue weighted by atomic mass is 32.1. The summed E-state index contributed by atoms with van der Waals surface area (Å²) < 4.78 is 7.65. The van der Waals surface area contributed by atoms with Crippen molar-refractivity contribution in [2.75, 3.05) is 9.80 Å². The van der Waals surface area contributed by atoms with E-state index in [4.69, 9.17) is 0 Å². The Morgan fingerprint density at radius 1 is 0.277 bits per heavy atom. The van der Waals surface area contributed by atoms with E-state index in [1.165, 1.54) is 120 Å². The highest BCUT2D eigenvalue weighted by Crippen LogP contribution is 2.54. The van der Waals surface area contributed by atoms with Gasteiger partial charge >= 0.3 is 0 Å². The monoisotopic (exact) mass is 1080 g/mol. The fourth-order valence-corrected chi connectivity index (χ4v) is 16.0. The number of anilines is 6. The van der Waals surface area contributed by atoms with E-state index < -0.39 is 0 Å². The van der Waals surface area contributed by atoms with E-state index in [1.54, 1.807) is 0 Å². The van der Waals surface area contributed by atoms with Crippen LogP contribution in [0.5, 0.6) is 0 Å². The molecule has 0 saturated heterocycles. The number of rotatable bonds is 8. The predicted molar refractivity (Wildman–Crippen MR) is 353 cm³/mol. The maximum atomic E-state index is 2.54. The number of nitrogens with zero attached hydrogens (tertiary/aromatic N) is 4. The van der Waals surface area contributed by atoms with Gasteiger partial charge in [-0.25, -0.2) is 0 Å². The van der Waals surface area contributed by atoms with Gasteiger partial charge in [0.25, 0.3) is 0 Å². The maximum Gasteiger partial charge on any atom is 0.0555 e. The molecule has 0 bridgehead atoms. The van der Waals surface area contributed by atoms with Gasteiger partial charge in [0.2, 0.25) is 0 Å². The SMILES string of the molecule is CC1(C)c2ccccc2-c2ccc(-n3c4ccc(N(c5ccccc5)c5ccccc5)cc4c4c5sc6c(ccc7c6c6cc(N(c8ccccc8)c8ccccc8)ccc6n7-c6ccc7c(c6)C(C)(C)c6ccccc6-7)c5ccc43)cc21. The molecule has 5 heteroatoms. The van der Waals surface area contributed by atoms with Crippen LogP contribution >= 0.6 is 11.3 Å². The molecule has 0 N–H and O–H groups in total. The van der Waals surface area contributed by atoms with E-state index in [2.05, 4.69) is 314 Å². The van der Waals surface area contributed by atoms with Gasteiger partial charge < -0.3 is 18.9 Å². The van der Waals surface area contributed by atoms with Gasteiger partial charge in [-0.2, -0.15) is 0 Å². The third-order valence-corrected chi connectivity index (χ3v) is 19.7. The van der Waals surface area contributed by atoms with Crippen molar-refractivity contribution in [1.29, 1.82) is 0 Å². The topological polar surface area (TPSA) is 16.3 Å². The molecular formula is C78H56N4S. The molecule has 0 spiro atoms. The summed E-state index contributed by atoms with van der Waals surface area (Å²) in [7, 11) is 0. The predicted octanol–water partition coefficient (Wildman–Crippen LogP) is 21.8. The van der Waals surface area contributed by atoms with Crippen molar-refractivity contribution in [2.45, 2.75) is 38.5 Å². The lowest BCUT2D eigenvalue weighted by Gasteiger charge is -2.25. The summed E-state index contributed by atoms with van der Waals surface area (Å²) in [5.74, 6) is 0. The number of aromatic nitrogens is 2. The summed E-state index contributed by atoms with van der Waals surface area (Å²) in [4.78, 5) is 4.79. The molecule has 83 heavy (non-hydrogen) atoms. The highest BCUT2D eigenvalue weighted by Gasteiger charge is 2.37. The minimum absolute atomic E-state index is 0.150. The molecule has 2 aliphatic carbocycles. The van der Waals surface area contributed by atoms with Crippen molar-refractivity contribution in [3.63, 3.8) is 0 Å². The number of benzene rings is 12. The number of hydrogen-bond acceptors (Lipinski definition) is 3. The van der Waals surface area contributed by atoms with Crippen LogP contribution in [0, 0.1) is 0 Å². The molecule has 0 unspecified atom stereocenters. The van der Waals surface area contributed by atoms with Gasteiger partial charge in [0.1, 0.15) is 0 Å². The van der Waals surface area contributed by atoms with Crippen LogP contribution in [-0.4, -0.2) is 9.13 Å². The lowest BCUT2D eigenvalue weighted by molar-refractivity contribution is 0.660. The maximum absolute atomic E-state index is 2.54. The second-order valence-corrected chi connectivity index (χ2v) is 24.7. The van der Waals surface area contributed by atoms with E-state index in [9.17, 15) is 0 Å². The molecule has 3 heterocycles. The third-order valence-electron chi connectivity index (χ3n) is 18.5. The summed E-state index contributed by atoms with van der Waals surface area (Å²) in [6, 6.07) is 99.3.